The van der Waals surface area contributed by atoms with E-state index in [1.807, 2.05) is 0 Å². The third-order valence-corrected chi connectivity index (χ3v) is 1.41. The molecular formula is C8H11F5O4. The van der Waals surface area contributed by atoms with Gasteiger partial charge in [0.1, 0.15) is 13.2 Å². The van der Waals surface area contributed by atoms with Crippen LogP contribution in [0.4, 0.5) is 26.7 Å². The Labute approximate surface area is 93.6 Å². The van der Waals surface area contributed by atoms with E-state index in [4.69, 9.17) is 0 Å². The second kappa shape index (κ2) is 6.58. The molecule has 17 heavy (non-hydrogen) atoms. The Bertz CT molecular complexity index is 241. The Morgan fingerprint density at radius 2 is 1.65 bits per heavy atom. The second-order valence-corrected chi connectivity index (χ2v) is 2.79. The summed E-state index contributed by atoms with van der Waals surface area (Å²) in [6.07, 6.45) is -6.70. The Hall–Kier alpha value is -1.12. The molecule has 9 heteroatoms. The summed E-state index contributed by atoms with van der Waals surface area (Å²) in [6, 6.07) is 0. The summed E-state index contributed by atoms with van der Waals surface area (Å²) >= 11 is 0. The molecule has 0 aromatic heterocycles. The van der Waals surface area contributed by atoms with Crippen molar-refractivity contribution in [2.24, 2.45) is 0 Å². The van der Waals surface area contributed by atoms with Crippen LogP contribution in [0.2, 0.25) is 0 Å². The predicted octanol–water partition coefficient (Wildman–Crippen LogP) is 2.37. The average molecular weight is 266 g/mol. The first kappa shape index (κ1) is 15.9. The van der Waals surface area contributed by atoms with Gasteiger partial charge < -0.3 is 14.2 Å². The van der Waals surface area contributed by atoms with Crippen LogP contribution in [0, 0.1) is 0 Å². The highest BCUT2D eigenvalue weighted by atomic mass is 19.4. The summed E-state index contributed by atoms with van der Waals surface area (Å²) in [6.45, 7) is -1.28. The van der Waals surface area contributed by atoms with Crippen LogP contribution in [0.1, 0.15) is 6.92 Å². The lowest BCUT2D eigenvalue weighted by Crippen LogP contribution is -2.41. The molecule has 102 valence electrons. The lowest BCUT2D eigenvalue weighted by atomic mass is 10.3. The standard InChI is InChI=1S/C8H11F5O4/c1-2-16-6(14)17-4-3-15-5-7(9,10)8(11,12)13/h2-5H2,1H3. The van der Waals surface area contributed by atoms with Crippen LogP contribution < -0.4 is 0 Å². The first-order chi connectivity index (χ1) is 7.70. The van der Waals surface area contributed by atoms with Gasteiger partial charge in [-0.25, -0.2) is 4.79 Å². The van der Waals surface area contributed by atoms with Crippen molar-refractivity contribution in [1.82, 2.24) is 0 Å². The zero-order chi connectivity index (χ0) is 13.5. The van der Waals surface area contributed by atoms with E-state index in [1.165, 1.54) is 6.92 Å². The van der Waals surface area contributed by atoms with E-state index in [2.05, 4.69) is 14.2 Å². The van der Waals surface area contributed by atoms with Crippen molar-refractivity contribution < 1.29 is 41.0 Å². The highest BCUT2D eigenvalue weighted by Crippen LogP contribution is 2.35. The van der Waals surface area contributed by atoms with Crippen molar-refractivity contribution in [2.75, 3.05) is 26.4 Å². The fourth-order valence-electron chi connectivity index (χ4n) is 0.626. The van der Waals surface area contributed by atoms with Gasteiger partial charge in [0.25, 0.3) is 0 Å². The summed E-state index contributed by atoms with van der Waals surface area (Å²) in [5.41, 5.74) is 0. The summed E-state index contributed by atoms with van der Waals surface area (Å²) in [4.78, 5) is 10.5. The average Bonchev–Trinajstić information content (AvgIpc) is 2.15. The Morgan fingerprint density at radius 1 is 1.06 bits per heavy atom. The van der Waals surface area contributed by atoms with Gasteiger partial charge in [-0.15, -0.1) is 0 Å². The summed E-state index contributed by atoms with van der Waals surface area (Å²) in [7, 11) is 0. The Kier molecular flexibility index (Phi) is 6.14. The molecule has 0 bridgehead atoms. The van der Waals surface area contributed by atoms with Gasteiger partial charge in [0.15, 0.2) is 0 Å². The molecule has 0 spiro atoms. The number of hydrogen-bond donors (Lipinski definition) is 0. The van der Waals surface area contributed by atoms with Gasteiger partial charge in [0.2, 0.25) is 0 Å². The molecule has 0 radical (unpaired) electrons. The van der Waals surface area contributed by atoms with E-state index in [0.717, 1.165) is 0 Å². The monoisotopic (exact) mass is 266 g/mol. The first-order valence-electron chi connectivity index (χ1n) is 4.52. The third kappa shape index (κ3) is 6.25. The summed E-state index contributed by atoms with van der Waals surface area (Å²) < 4.78 is 72.0. The van der Waals surface area contributed by atoms with E-state index in [-0.39, 0.29) is 6.61 Å². The molecule has 0 aromatic rings. The van der Waals surface area contributed by atoms with Gasteiger partial charge in [-0.1, -0.05) is 0 Å². The molecule has 0 amide bonds. The van der Waals surface area contributed by atoms with E-state index in [1.54, 1.807) is 0 Å². The van der Waals surface area contributed by atoms with Gasteiger partial charge in [-0.05, 0) is 6.92 Å². The molecule has 0 aliphatic carbocycles. The largest absolute Gasteiger partial charge is 0.508 e. The SMILES string of the molecule is CCOC(=O)OCCOCC(F)(F)C(F)(F)F. The number of carbonyl (C=O) groups is 1. The maximum atomic E-state index is 12.3. The van der Waals surface area contributed by atoms with Gasteiger partial charge in [-0.2, -0.15) is 22.0 Å². The Balaban J connectivity index is 3.69. The molecule has 0 rings (SSSR count). The number of alkyl halides is 5. The highest BCUT2D eigenvalue weighted by molar-refractivity contribution is 5.59. The van der Waals surface area contributed by atoms with Crippen LogP contribution in [0.3, 0.4) is 0 Å². The van der Waals surface area contributed by atoms with E-state index >= 15 is 0 Å². The van der Waals surface area contributed by atoms with Gasteiger partial charge in [0.05, 0.1) is 13.2 Å². The normalized spacial score (nSPS) is 12.4. The second-order valence-electron chi connectivity index (χ2n) is 2.79. The molecule has 0 unspecified atom stereocenters. The van der Waals surface area contributed by atoms with Crippen LogP contribution in [0.5, 0.6) is 0 Å². The predicted molar refractivity (Wildman–Crippen MR) is 44.8 cm³/mol. The quantitative estimate of drug-likeness (QED) is 0.420. The van der Waals surface area contributed by atoms with Crippen molar-refractivity contribution >= 4 is 6.16 Å². The molecule has 0 N–H and O–H groups in total. The summed E-state index contributed by atoms with van der Waals surface area (Å²) in [5, 5.41) is 0. The lowest BCUT2D eigenvalue weighted by Gasteiger charge is -2.19. The zero-order valence-electron chi connectivity index (χ0n) is 8.85. The van der Waals surface area contributed by atoms with Crippen molar-refractivity contribution in [3.05, 3.63) is 0 Å². The van der Waals surface area contributed by atoms with Crippen molar-refractivity contribution in [2.45, 2.75) is 19.0 Å². The zero-order valence-corrected chi connectivity index (χ0v) is 8.85. The molecule has 0 saturated heterocycles. The molecule has 0 aliphatic rings. The number of hydrogen-bond acceptors (Lipinski definition) is 4. The number of halogens is 5. The number of carbonyl (C=O) groups excluding carboxylic acids is 1. The highest BCUT2D eigenvalue weighted by Gasteiger charge is 2.57. The topological polar surface area (TPSA) is 44.8 Å². The van der Waals surface area contributed by atoms with Crippen molar-refractivity contribution in [1.29, 1.82) is 0 Å². The number of ether oxygens (including phenoxy) is 3. The molecular weight excluding hydrogens is 255 g/mol. The summed E-state index contributed by atoms with van der Waals surface area (Å²) in [5.74, 6) is -4.92. The van der Waals surface area contributed by atoms with Crippen LogP contribution >= 0.6 is 0 Å². The minimum Gasteiger partial charge on any atom is -0.435 e. The van der Waals surface area contributed by atoms with E-state index in [9.17, 15) is 26.7 Å². The van der Waals surface area contributed by atoms with E-state index in [0.29, 0.717) is 0 Å². The fourth-order valence-corrected chi connectivity index (χ4v) is 0.626. The minimum atomic E-state index is -5.66. The van der Waals surface area contributed by atoms with E-state index < -0.39 is 38.1 Å². The Morgan fingerprint density at radius 3 is 2.12 bits per heavy atom. The molecule has 0 aromatic carbocycles. The fraction of sp³-hybridized carbons (Fsp3) is 0.875. The van der Waals surface area contributed by atoms with Gasteiger partial charge in [-0.3, -0.25) is 0 Å². The minimum absolute atomic E-state index is 0.0613. The van der Waals surface area contributed by atoms with Crippen molar-refractivity contribution in [3.8, 4) is 0 Å². The molecule has 0 atom stereocenters. The molecule has 0 fully saturated rings. The number of rotatable bonds is 6. The maximum absolute atomic E-state index is 12.3. The first-order valence-corrected chi connectivity index (χ1v) is 4.52. The molecule has 0 aliphatic heterocycles. The molecule has 0 heterocycles. The smallest absolute Gasteiger partial charge is 0.435 e. The van der Waals surface area contributed by atoms with Gasteiger partial charge >= 0.3 is 18.3 Å². The van der Waals surface area contributed by atoms with Crippen LogP contribution in [0.25, 0.3) is 0 Å². The maximum Gasteiger partial charge on any atom is 0.508 e. The van der Waals surface area contributed by atoms with Crippen LogP contribution in [-0.4, -0.2) is 44.7 Å². The van der Waals surface area contributed by atoms with Crippen LogP contribution in [0.15, 0.2) is 0 Å². The third-order valence-electron chi connectivity index (χ3n) is 1.41. The van der Waals surface area contributed by atoms with Crippen LogP contribution in [-0.2, 0) is 14.2 Å². The molecule has 4 nitrogen and oxygen atoms in total. The van der Waals surface area contributed by atoms with Crippen molar-refractivity contribution in [3.63, 3.8) is 0 Å². The van der Waals surface area contributed by atoms with Gasteiger partial charge in [0, 0.05) is 0 Å². The lowest BCUT2D eigenvalue weighted by molar-refractivity contribution is -0.297. The molecule has 0 saturated carbocycles.